The standard InChI is InChI=1S/C17H24ClN3O3/c1-2-3-4-5-10-16(23)20-21-17(24)12-11-15(22)19-14-9-7-6-8-13(14)18/h6-9H,2-5,10-12H2,1H3,(H,19,22)(H,20,23)(H,21,24). The molecule has 6 nitrogen and oxygen atoms in total. The molecule has 0 aliphatic carbocycles. The van der Waals surface area contributed by atoms with Gasteiger partial charge in [0.05, 0.1) is 10.7 Å². The van der Waals surface area contributed by atoms with Crippen molar-refractivity contribution in [2.24, 2.45) is 0 Å². The van der Waals surface area contributed by atoms with Gasteiger partial charge in [0.1, 0.15) is 0 Å². The Morgan fingerprint density at radius 3 is 2.17 bits per heavy atom. The van der Waals surface area contributed by atoms with E-state index < -0.39 is 5.91 Å². The minimum Gasteiger partial charge on any atom is -0.325 e. The highest BCUT2D eigenvalue weighted by atomic mass is 35.5. The number of carbonyl (C=O) groups excluding carboxylic acids is 3. The second-order valence-electron chi connectivity index (χ2n) is 5.44. The van der Waals surface area contributed by atoms with Crippen LogP contribution in [0.25, 0.3) is 0 Å². The van der Waals surface area contributed by atoms with E-state index in [0.29, 0.717) is 17.1 Å². The summed E-state index contributed by atoms with van der Waals surface area (Å²) in [7, 11) is 0. The molecule has 0 unspecified atom stereocenters. The third kappa shape index (κ3) is 8.53. The van der Waals surface area contributed by atoms with Gasteiger partial charge in [-0.2, -0.15) is 0 Å². The van der Waals surface area contributed by atoms with Gasteiger partial charge in [-0.15, -0.1) is 0 Å². The number of rotatable bonds is 9. The molecule has 24 heavy (non-hydrogen) atoms. The number of carbonyl (C=O) groups is 3. The fourth-order valence-electron chi connectivity index (χ4n) is 1.98. The van der Waals surface area contributed by atoms with Crippen molar-refractivity contribution in [2.75, 3.05) is 5.32 Å². The Morgan fingerprint density at radius 2 is 1.50 bits per heavy atom. The zero-order valence-corrected chi connectivity index (χ0v) is 14.6. The van der Waals surface area contributed by atoms with Crippen LogP contribution in [0, 0.1) is 0 Å². The van der Waals surface area contributed by atoms with Gasteiger partial charge >= 0.3 is 0 Å². The van der Waals surface area contributed by atoms with Crippen LogP contribution in [0.5, 0.6) is 0 Å². The normalized spacial score (nSPS) is 10.1. The number of amides is 3. The van der Waals surface area contributed by atoms with E-state index in [9.17, 15) is 14.4 Å². The Morgan fingerprint density at radius 1 is 0.875 bits per heavy atom. The molecular weight excluding hydrogens is 330 g/mol. The third-order valence-electron chi connectivity index (χ3n) is 3.33. The summed E-state index contributed by atoms with van der Waals surface area (Å²) in [6, 6.07) is 6.86. The summed E-state index contributed by atoms with van der Waals surface area (Å²) < 4.78 is 0. The smallest absolute Gasteiger partial charge is 0.238 e. The van der Waals surface area contributed by atoms with Gasteiger partial charge in [-0.3, -0.25) is 25.2 Å². The topological polar surface area (TPSA) is 87.3 Å². The van der Waals surface area contributed by atoms with E-state index >= 15 is 0 Å². The van der Waals surface area contributed by atoms with Crippen LogP contribution in [0.4, 0.5) is 5.69 Å². The Kier molecular flexibility index (Phi) is 9.53. The van der Waals surface area contributed by atoms with Crippen LogP contribution >= 0.6 is 11.6 Å². The molecule has 0 atom stereocenters. The van der Waals surface area contributed by atoms with Crippen LogP contribution in [-0.4, -0.2) is 17.7 Å². The molecule has 0 radical (unpaired) electrons. The molecule has 0 aliphatic heterocycles. The Labute approximate surface area is 147 Å². The molecule has 132 valence electrons. The van der Waals surface area contributed by atoms with Crippen molar-refractivity contribution < 1.29 is 14.4 Å². The first-order chi connectivity index (χ1) is 11.5. The summed E-state index contributed by atoms with van der Waals surface area (Å²) in [4.78, 5) is 34.9. The minimum absolute atomic E-state index is 0.00340. The first kappa shape index (κ1) is 20.0. The molecule has 1 rings (SSSR count). The Hall–Kier alpha value is -2.08. The van der Waals surface area contributed by atoms with E-state index in [2.05, 4.69) is 23.1 Å². The van der Waals surface area contributed by atoms with E-state index in [1.54, 1.807) is 24.3 Å². The highest BCUT2D eigenvalue weighted by Crippen LogP contribution is 2.20. The lowest BCUT2D eigenvalue weighted by atomic mass is 10.1. The first-order valence-corrected chi connectivity index (χ1v) is 8.52. The molecule has 0 saturated carbocycles. The van der Waals surface area contributed by atoms with E-state index in [4.69, 9.17) is 11.6 Å². The Balaban J connectivity index is 2.18. The molecule has 0 aromatic heterocycles. The molecule has 0 spiro atoms. The van der Waals surface area contributed by atoms with Crippen molar-refractivity contribution in [3.63, 3.8) is 0 Å². The van der Waals surface area contributed by atoms with E-state index in [1.807, 2.05) is 0 Å². The fourth-order valence-corrected chi connectivity index (χ4v) is 2.16. The van der Waals surface area contributed by atoms with Gasteiger partial charge in [0.2, 0.25) is 17.7 Å². The summed E-state index contributed by atoms with van der Waals surface area (Å²) in [5, 5.41) is 3.07. The molecule has 0 bridgehead atoms. The number of unbranched alkanes of at least 4 members (excludes halogenated alkanes) is 3. The zero-order chi connectivity index (χ0) is 17.8. The number of hydrogen-bond acceptors (Lipinski definition) is 3. The zero-order valence-electron chi connectivity index (χ0n) is 13.9. The van der Waals surface area contributed by atoms with Crippen molar-refractivity contribution in [3.8, 4) is 0 Å². The van der Waals surface area contributed by atoms with Crippen molar-refractivity contribution in [1.82, 2.24) is 10.9 Å². The number of halogens is 1. The number of benzene rings is 1. The van der Waals surface area contributed by atoms with Gasteiger partial charge in [-0.25, -0.2) is 0 Å². The van der Waals surface area contributed by atoms with E-state index in [-0.39, 0.29) is 24.7 Å². The number of hydrazine groups is 1. The maximum absolute atomic E-state index is 11.8. The van der Waals surface area contributed by atoms with Gasteiger partial charge in [0.15, 0.2) is 0 Å². The quantitative estimate of drug-likeness (QED) is 0.470. The fraction of sp³-hybridized carbons (Fsp3) is 0.471. The summed E-state index contributed by atoms with van der Waals surface area (Å²) >= 11 is 5.94. The predicted octanol–water partition coefficient (Wildman–Crippen LogP) is 3.18. The van der Waals surface area contributed by atoms with Crippen LogP contribution in [-0.2, 0) is 14.4 Å². The van der Waals surface area contributed by atoms with Gasteiger partial charge in [-0.1, -0.05) is 49.9 Å². The molecule has 3 N–H and O–H groups in total. The molecule has 0 fully saturated rings. The first-order valence-electron chi connectivity index (χ1n) is 8.15. The van der Waals surface area contributed by atoms with Gasteiger partial charge < -0.3 is 5.32 Å². The largest absolute Gasteiger partial charge is 0.325 e. The van der Waals surface area contributed by atoms with Gasteiger partial charge in [-0.05, 0) is 18.6 Å². The van der Waals surface area contributed by atoms with Crippen LogP contribution in [0.1, 0.15) is 51.9 Å². The second kappa shape index (κ2) is 11.5. The lowest BCUT2D eigenvalue weighted by Gasteiger charge is -2.08. The number of hydrogen-bond donors (Lipinski definition) is 3. The van der Waals surface area contributed by atoms with Gasteiger partial charge in [0.25, 0.3) is 0 Å². The van der Waals surface area contributed by atoms with Crippen molar-refractivity contribution in [3.05, 3.63) is 29.3 Å². The van der Waals surface area contributed by atoms with Crippen molar-refractivity contribution >= 4 is 35.0 Å². The molecule has 0 heterocycles. The lowest BCUT2D eigenvalue weighted by Crippen LogP contribution is -2.41. The summed E-state index contributed by atoms with van der Waals surface area (Å²) in [5.74, 6) is -0.949. The van der Waals surface area contributed by atoms with E-state index in [0.717, 1.165) is 25.7 Å². The highest BCUT2D eigenvalue weighted by molar-refractivity contribution is 6.33. The molecule has 3 amide bonds. The monoisotopic (exact) mass is 353 g/mol. The van der Waals surface area contributed by atoms with Crippen LogP contribution in [0.3, 0.4) is 0 Å². The average molecular weight is 354 g/mol. The summed E-state index contributed by atoms with van der Waals surface area (Å²) in [6.07, 6.45) is 4.37. The SMILES string of the molecule is CCCCCCC(=O)NNC(=O)CCC(=O)Nc1ccccc1Cl. The molecular formula is C17H24ClN3O3. The van der Waals surface area contributed by atoms with Crippen LogP contribution < -0.4 is 16.2 Å². The van der Waals surface area contributed by atoms with E-state index in [1.165, 1.54) is 0 Å². The number of anilines is 1. The molecule has 7 heteroatoms. The summed E-state index contributed by atoms with van der Waals surface area (Å²) in [5.41, 5.74) is 5.16. The van der Waals surface area contributed by atoms with Crippen molar-refractivity contribution in [2.45, 2.75) is 51.9 Å². The lowest BCUT2D eigenvalue weighted by molar-refractivity contribution is -0.129. The van der Waals surface area contributed by atoms with Crippen LogP contribution in [0.2, 0.25) is 5.02 Å². The van der Waals surface area contributed by atoms with Crippen LogP contribution in [0.15, 0.2) is 24.3 Å². The third-order valence-corrected chi connectivity index (χ3v) is 3.66. The average Bonchev–Trinajstić information content (AvgIpc) is 2.57. The Bertz CT molecular complexity index is 564. The highest BCUT2D eigenvalue weighted by Gasteiger charge is 2.09. The maximum Gasteiger partial charge on any atom is 0.238 e. The predicted molar refractivity (Wildman–Crippen MR) is 94.4 cm³/mol. The maximum atomic E-state index is 11.8. The molecule has 0 aliphatic rings. The summed E-state index contributed by atoms with van der Waals surface area (Å²) in [6.45, 7) is 2.10. The molecule has 1 aromatic rings. The van der Waals surface area contributed by atoms with Crippen molar-refractivity contribution in [1.29, 1.82) is 0 Å². The molecule has 1 aromatic carbocycles. The number of para-hydroxylation sites is 1. The van der Waals surface area contributed by atoms with Gasteiger partial charge in [0, 0.05) is 19.3 Å². The number of nitrogens with one attached hydrogen (secondary N) is 3. The second-order valence-corrected chi connectivity index (χ2v) is 5.84. The molecule has 0 saturated heterocycles. The minimum atomic E-state index is -0.411.